The molecule has 0 radical (unpaired) electrons. The zero-order valence-electron chi connectivity index (χ0n) is 7.28. The second-order valence-electron chi connectivity index (χ2n) is 1.90. The molecule has 0 bridgehead atoms. The fourth-order valence-electron chi connectivity index (χ4n) is 0.219. The monoisotopic (exact) mass is 222 g/mol. The maximum absolute atomic E-state index is 9.67. The topological polar surface area (TPSA) is 74.6 Å². The van der Waals surface area contributed by atoms with Gasteiger partial charge in [0.05, 0.1) is 0 Å². The Bertz CT molecular complexity index is 162. The lowest BCUT2D eigenvalue weighted by Gasteiger charge is -1.73. The fraction of sp³-hybridized carbons (Fsp3) is 0.636. The number of hydrogen-bond donors (Lipinski definition) is 2. The molecule has 94 valence electrons. The van der Waals surface area contributed by atoms with Crippen molar-refractivity contribution in [2.24, 2.45) is 0 Å². The predicted octanol–water partition coefficient (Wildman–Crippen LogP) is 3.43. The number of carbonyl (C=O) groups is 2. The van der Waals surface area contributed by atoms with E-state index in [2.05, 4.69) is 0 Å². The van der Waals surface area contributed by atoms with Crippen LogP contribution in [-0.4, -0.2) is 22.2 Å². The molecule has 0 aliphatic rings. The summed E-state index contributed by atoms with van der Waals surface area (Å²) in [5.41, 5.74) is 0. The van der Waals surface area contributed by atoms with Gasteiger partial charge in [-0.1, -0.05) is 42.2 Å². The van der Waals surface area contributed by atoms with Crippen molar-refractivity contribution in [3.63, 3.8) is 0 Å². The SMILES string of the molecule is C.C.C.CCC(=O)O.CCC=CC(=O)O. The number of rotatable bonds is 3. The fourth-order valence-corrected chi connectivity index (χ4v) is 0.219. The predicted molar refractivity (Wildman–Crippen MR) is 65.2 cm³/mol. The molecule has 0 spiro atoms. The lowest BCUT2D eigenvalue weighted by Crippen LogP contribution is -1.86. The molecule has 0 fully saturated rings. The van der Waals surface area contributed by atoms with Crippen LogP contribution in [0.3, 0.4) is 0 Å². The maximum Gasteiger partial charge on any atom is 0.327 e. The first-order valence-electron chi connectivity index (χ1n) is 3.65. The van der Waals surface area contributed by atoms with Gasteiger partial charge in [0.15, 0.2) is 0 Å². The maximum atomic E-state index is 9.67. The van der Waals surface area contributed by atoms with Crippen LogP contribution in [0.1, 0.15) is 49.0 Å². The average molecular weight is 222 g/mol. The lowest BCUT2D eigenvalue weighted by atomic mass is 10.4. The largest absolute Gasteiger partial charge is 0.481 e. The van der Waals surface area contributed by atoms with Crippen molar-refractivity contribution in [3.05, 3.63) is 12.2 Å². The van der Waals surface area contributed by atoms with Crippen LogP contribution in [0.2, 0.25) is 0 Å². The summed E-state index contributed by atoms with van der Waals surface area (Å²) in [6.07, 6.45) is 3.74. The summed E-state index contributed by atoms with van der Waals surface area (Å²) >= 11 is 0. The van der Waals surface area contributed by atoms with Gasteiger partial charge in [-0.25, -0.2) is 4.79 Å². The van der Waals surface area contributed by atoms with Gasteiger partial charge in [-0.15, -0.1) is 0 Å². The smallest absolute Gasteiger partial charge is 0.327 e. The highest BCUT2D eigenvalue weighted by Gasteiger charge is 1.81. The highest BCUT2D eigenvalue weighted by molar-refractivity contribution is 5.79. The average Bonchev–Trinajstić information content (AvgIpc) is 2.02. The number of aliphatic carboxylic acids is 2. The molecule has 0 aromatic rings. The van der Waals surface area contributed by atoms with E-state index in [4.69, 9.17) is 10.2 Å². The minimum absolute atomic E-state index is 0. The lowest BCUT2D eigenvalue weighted by molar-refractivity contribution is -0.136. The van der Waals surface area contributed by atoms with Gasteiger partial charge in [0.25, 0.3) is 0 Å². The van der Waals surface area contributed by atoms with Gasteiger partial charge in [-0.05, 0) is 6.42 Å². The zero-order chi connectivity index (χ0) is 9.98. The third-order valence-corrected chi connectivity index (χ3v) is 0.799. The van der Waals surface area contributed by atoms with Crippen LogP contribution in [0.25, 0.3) is 0 Å². The number of hydrogen-bond acceptors (Lipinski definition) is 2. The second-order valence-corrected chi connectivity index (χ2v) is 1.90. The molecular weight excluding hydrogens is 196 g/mol. The van der Waals surface area contributed by atoms with Gasteiger partial charge in [-0.3, -0.25) is 4.79 Å². The Labute approximate surface area is 93.6 Å². The number of carboxylic acid groups (broad SMARTS) is 2. The molecule has 0 aliphatic carbocycles. The van der Waals surface area contributed by atoms with Crippen LogP contribution in [0, 0.1) is 0 Å². The summed E-state index contributed by atoms with van der Waals surface area (Å²) in [6, 6.07) is 0. The second kappa shape index (κ2) is 23.0. The molecule has 0 heterocycles. The van der Waals surface area contributed by atoms with Crippen LogP contribution in [0.15, 0.2) is 12.2 Å². The van der Waals surface area contributed by atoms with E-state index in [1.807, 2.05) is 6.92 Å². The molecule has 0 aliphatic heterocycles. The van der Waals surface area contributed by atoms with Crippen molar-refractivity contribution in [2.75, 3.05) is 0 Å². The van der Waals surface area contributed by atoms with Crippen LogP contribution < -0.4 is 0 Å². The molecule has 0 saturated carbocycles. The normalized spacial score (nSPS) is 7.07. The first kappa shape index (κ1) is 29.2. The third kappa shape index (κ3) is 66.0. The number of allylic oxidation sites excluding steroid dienone is 1. The van der Waals surface area contributed by atoms with Crippen LogP contribution in [0.5, 0.6) is 0 Å². The molecule has 2 N–H and O–H groups in total. The van der Waals surface area contributed by atoms with Crippen LogP contribution in [0.4, 0.5) is 0 Å². The summed E-state index contributed by atoms with van der Waals surface area (Å²) in [5.74, 6) is -1.62. The molecule has 0 rings (SSSR count). The molecule has 4 nitrogen and oxygen atoms in total. The van der Waals surface area contributed by atoms with Gasteiger partial charge in [-0.2, -0.15) is 0 Å². The first-order valence-corrected chi connectivity index (χ1v) is 3.65. The summed E-state index contributed by atoms with van der Waals surface area (Å²) in [5, 5.41) is 15.7. The molecule has 0 aromatic carbocycles. The minimum Gasteiger partial charge on any atom is -0.481 e. The quantitative estimate of drug-likeness (QED) is 0.717. The Morgan fingerprint density at radius 1 is 1.07 bits per heavy atom. The highest BCUT2D eigenvalue weighted by Crippen LogP contribution is 1.76. The standard InChI is InChI=1S/C5H8O2.C3H6O2.3CH4/c1-2-3-4-5(6)7;1-2-3(4)5;;;/h3-4H,2H2,1H3,(H,6,7);2H2,1H3,(H,4,5);3*1H4. The van der Waals surface area contributed by atoms with Crippen molar-refractivity contribution in [1.29, 1.82) is 0 Å². The number of carboxylic acids is 2. The Morgan fingerprint density at radius 2 is 1.40 bits per heavy atom. The van der Waals surface area contributed by atoms with E-state index >= 15 is 0 Å². The van der Waals surface area contributed by atoms with Gasteiger partial charge in [0.1, 0.15) is 0 Å². The van der Waals surface area contributed by atoms with E-state index in [0.717, 1.165) is 12.5 Å². The molecule has 0 atom stereocenters. The van der Waals surface area contributed by atoms with Gasteiger partial charge in [0, 0.05) is 12.5 Å². The minimum atomic E-state index is -0.873. The molecule has 0 saturated heterocycles. The van der Waals surface area contributed by atoms with Crippen molar-refractivity contribution in [3.8, 4) is 0 Å². The molecule has 0 unspecified atom stereocenters. The Kier molecular flexibility index (Phi) is 44.7. The van der Waals surface area contributed by atoms with E-state index in [-0.39, 0.29) is 28.7 Å². The molecule has 0 amide bonds. The summed E-state index contributed by atoms with van der Waals surface area (Å²) < 4.78 is 0. The van der Waals surface area contributed by atoms with Crippen molar-refractivity contribution in [2.45, 2.75) is 49.0 Å². The molecule has 0 aromatic heterocycles. The van der Waals surface area contributed by atoms with E-state index in [0.29, 0.717) is 0 Å². The van der Waals surface area contributed by atoms with E-state index in [9.17, 15) is 9.59 Å². The van der Waals surface area contributed by atoms with Crippen molar-refractivity contribution < 1.29 is 19.8 Å². The van der Waals surface area contributed by atoms with E-state index in [1.165, 1.54) is 0 Å². The van der Waals surface area contributed by atoms with Gasteiger partial charge in [0.2, 0.25) is 0 Å². The van der Waals surface area contributed by atoms with Crippen LogP contribution >= 0.6 is 0 Å². The van der Waals surface area contributed by atoms with E-state index in [1.54, 1.807) is 13.0 Å². The molecule has 15 heavy (non-hydrogen) atoms. The summed E-state index contributed by atoms with van der Waals surface area (Å²) in [6.45, 7) is 3.49. The Morgan fingerprint density at radius 3 is 1.47 bits per heavy atom. The third-order valence-electron chi connectivity index (χ3n) is 0.799. The summed E-state index contributed by atoms with van der Waals surface area (Å²) in [4.78, 5) is 19.0. The van der Waals surface area contributed by atoms with Crippen LogP contribution in [-0.2, 0) is 9.59 Å². The van der Waals surface area contributed by atoms with Gasteiger partial charge < -0.3 is 10.2 Å². The zero-order valence-corrected chi connectivity index (χ0v) is 7.28. The Balaban J connectivity index is -0.0000000383. The molecule has 4 heteroatoms. The van der Waals surface area contributed by atoms with Gasteiger partial charge >= 0.3 is 11.9 Å². The van der Waals surface area contributed by atoms with Crippen molar-refractivity contribution in [1.82, 2.24) is 0 Å². The highest BCUT2D eigenvalue weighted by atomic mass is 16.4. The Hall–Kier alpha value is -1.32. The first-order chi connectivity index (χ1) is 5.54. The molecular formula is C11H26O4. The van der Waals surface area contributed by atoms with Crippen molar-refractivity contribution >= 4 is 11.9 Å². The van der Waals surface area contributed by atoms with E-state index < -0.39 is 11.9 Å². The summed E-state index contributed by atoms with van der Waals surface area (Å²) in [7, 11) is 0.